The molecule has 0 aliphatic carbocycles. The minimum Gasteiger partial charge on any atom is -0.436 e. The van der Waals surface area contributed by atoms with Crippen LogP contribution in [-0.4, -0.2) is 19.9 Å². The van der Waals surface area contributed by atoms with Crippen molar-refractivity contribution in [2.75, 3.05) is 0 Å². The van der Waals surface area contributed by atoms with E-state index in [1.54, 1.807) is 11.3 Å². The quantitative estimate of drug-likeness (QED) is 0.181. The molecule has 0 N–H and O–H groups in total. The average Bonchev–Trinajstić information content (AvgIpc) is 3.77. The number of thiophene rings is 1. The predicted octanol–water partition coefficient (Wildman–Crippen LogP) is 11.4. The minimum absolute atomic E-state index is 0.560. The Hall–Kier alpha value is -6.24. The molecule has 0 bridgehead atoms. The third-order valence-corrected chi connectivity index (χ3v) is 10.1. The summed E-state index contributed by atoms with van der Waals surface area (Å²) in [4.78, 5) is 19.9. The number of aromatic nitrogens is 4. The molecule has 0 unspecified atom stereocenters. The second-order valence-corrected chi connectivity index (χ2v) is 12.9. The van der Waals surface area contributed by atoms with Crippen LogP contribution in [0.4, 0.5) is 0 Å². The van der Waals surface area contributed by atoms with Crippen LogP contribution in [0.5, 0.6) is 0 Å². The minimum atomic E-state index is 0.560. The molecule has 0 amide bonds. The van der Waals surface area contributed by atoms with Gasteiger partial charge in [0.2, 0.25) is 5.89 Å². The molecular weight excluding hydrogens is 609 g/mol. The lowest BCUT2D eigenvalue weighted by Crippen LogP contribution is -2.00. The van der Waals surface area contributed by atoms with Gasteiger partial charge in [0, 0.05) is 42.4 Å². The van der Waals surface area contributed by atoms with E-state index in [9.17, 15) is 0 Å². The lowest BCUT2D eigenvalue weighted by Gasteiger charge is -2.08. The van der Waals surface area contributed by atoms with Crippen molar-refractivity contribution in [3.63, 3.8) is 0 Å². The Kier molecular flexibility index (Phi) is 5.98. The van der Waals surface area contributed by atoms with Crippen molar-refractivity contribution in [1.82, 2.24) is 19.9 Å². The van der Waals surface area contributed by atoms with Crippen LogP contribution in [-0.2, 0) is 0 Å². The maximum atomic E-state index is 6.50. The van der Waals surface area contributed by atoms with Crippen molar-refractivity contribution >= 4 is 64.2 Å². The number of rotatable bonds is 4. The zero-order valence-electron chi connectivity index (χ0n) is 25.5. The fourth-order valence-corrected chi connectivity index (χ4v) is 7.80. The van der Waals surface area contributed by atoms with E-state index in [2.05, 4.69) is 60.7 Å². The standard InChI is InChI=1S/C42H24N4OS/c1-3-11-27(12-4-1)39-44-40(28-13-5-2-6-14-28)46-41(45-39)29-15-9-16-30(24-29)42-43-38-32(47-42)21-23-34-37(38)36-33(48-34)22-20-26-19-18-25-10-7-8-17-31(25)35(26)36/h1-24H. The fraction of sp³-hybridized carbons (Fsp3) is 0. The lowest BCUT2D eigenvalue weighted by atomic mass is 9.97. The molecule has 5 nitrogen and oxygen atoms in total. The monoisotopic (exact) mass is 632 g/mol. The van der Waals surface area contributed by atoms with Crippen LogP contribution in [0.3, 0.4) is 0 Å². The van der Waals surface area contributed by atoms with Gasteiger partial charge >= 0.3 is 0 Å². The topological polar surface area (TPSA) is 64.7 Å². The summed E-state index contributed by atoms with van der Waals surface area (Å²) in [5, 5.41) is 7.32. The SMILES string of the molecule is c1ccc(-c2nc(-c3ccccc3)nc(-c3cccc(-c4nc5c(ccc6sc7ccc8ccc9ccccc9c8c7c65)o4)c3)n2)cc1. The Balaban J connectivity index is 1.16. The van der Waals surface area contributed by atoms with Crippen molar-refractivity contribution < 1.29 is 4.42 Å². The Morgan fingerprint density at radius 3 is 1.77 bits per heavy atom. The summed E-state index contributed by atoms with van der Waals surface area (Å²) < 4.78 is 8.93. The normalized spacial score (nSPS) is 11.8. The van der Waals surface area contributed by atoms with E-state index in [1.165, 1.54) is 36.3 Å². The third kappa shape index (κ3) is 4.31. The van der Waals surface area contributed by atoms with Gasteiger partial charge in [0.1, 0.15) is 5.52 Å². The molecule has 3 aromatic heterocycles. The van der Waals surface area contributed by atoms with Crippen LogP contribution in [0.15, 0.2) is 150 Å². The first-order valence-electron chi connectivity index (χ1n) is 15.8. The molecule has 10 aromatic rings. The summed E-state index contributed by atoms with van der Waals surface area (Å²) in [7, 11) is 0. The maximum Gasteiger partial charge on any atom is 0.227 e. The van der Waals surface area contributed by atoms with E-state index in [1.807, 2.05) is 84.9 Å². The summed E-state index contributed by atoms with van der Waals surface area (Å²) in [5.74, 6) is 2.39. The molecule has 7 aromatic carbocycles. The highest BCUT2D eigenvalue weighted by Gasteiger charge is 2.19. The summed E-state index contributed by atoms with van der Waals surface area (Å²) in [5.41, 5.74) is 5.21. The second kappa shape index (κ2) is 10.7. The van der Waals surface area contributed by atoms with E-state index in [-0.39, 0.29) is 0 Å². The zero-order valence-corrected chi connectivity index (χ0v) is 26.3. The number of fused-ring (bicyclic) bond motifs is 9. The molecule has 224 valence electrons. The number of nitrogens with zero attached hydrogens (tertiary/aromatic N) is 4. The lowest BCUT2D eigenvalue weighted by molar-refractivity contribution is 0.620. The first kappa shape index (κ1) is 26.9. The van der Waals surface area contributed by atoms with Gasteiger partial charge in [-0.1, -0.05) is 115 Å². The van der Waals surface area contributed by atoms with E-state index >= 15 is 0 Å². The Morgan fingerprint density at radius 1 is 0.417 bits per heavy atom. The van der Waals surface area contributed by atoms with Gasteiger partial charge in [0.05, 0.1) is 0 Å². The zero-order chi connectivity index (χ0) is 31.6. The first-order chi connectivity index (χ1) is 23.8. The van der Waals surface area contributed by atoms with E-state index in [0.29, 0.717) is 23.4 Å². The summed E-state index contributed by atoms with van der Waals surface area (Å²) in [6, 6.07) is 49.8. The van der Waals surface area contributed by atoms with Crippen LogP contribution in [0, 0.1) is 0 Å². The van der Waals surface area contributed by atoms with E-state index in [0.717, 1.165) is 38.7 Å². The molecular formula is C42H24N4OS. The van der Waals surface area contributed by atoms with Crippen LogP contribution in [0.1, 0.15) is 0 Å². The number of oxazole rings is 1. The highest BCUT2D eigenvalue weighted by Crippen LogP contribution is 2.44. The van der Waals surface area contributed by atoms with E-state index in [4.69, 9.17) is 24.4 Å². The van der Waals surface area contributed by atoms with Crippen LogP contribution in [0.25, 0.3) is 98.4 Å². The largest absolute Gasteiger partial charge is 0.436 e. The Morgan fingerprint density at radius 2 is 1.00 bits per heavy atom. The van der Waals surface area contributed by atoms with Crippen LogP contribution >= 0.6 is 11.3 Å². The number of hydrogen-bond donors (Lipinski definition) is 0. The summed E-state index contributed by atoms with van der Waals surface area (Å²) >= 11 is 1.80. The molecule has 0 fully saturated rings. The molecule has 0 saturated heterocycles. The Bertz CT molecular complexity index is 2780. The summed E-state index contributed by atoms with van der Waals surface area (Å²) in [6.45, 7) is 0. The van der Waals surface area contributed by atoms with Crippen LogP contribution in [0.2, 0.25) is 0 Å². The molecule has 0 spiro atoms. The number of benzene rings is 7. The van der Waals surface area contributed by atoms with Crippen molar-refractivity contribution in [3.8, 4) is 45.6 Å². The van der Waals surface area contributed by atoms with Crippen molar-refractivity contribution in [1.29, 1.82) is 0 Å². The van der Waals surface area contributed by atoms with Crippen LogP contribution < -0.4 is 0 Å². The second-order valence-electron chi connectivity index (χ2n) is 11.8. The predicted molar refractivity (Wildman–Crippen MR) is 197 cm³/mol. The van der Waals surface area contributed by atoms with Gasteiger partial charge < -0.3 is 4.42 Å². The van der Waals surface area contributed by atoms with Gasteiger partial charge in [0.25, 0.3) is 0 Å². The van der Waals surface area contributed by atoms with Gasteiger partial charge in [-0.25, -0.2) is 19.9 Å². The van der Waals surface area contributed by atoms with Gasteiger partial charge in [-0.2, -0.15) is 0 Å². The summed E-state index contributed by atoms with van der Waals surface area (Å²) in [6.07, 6.45) is 0. The highest BCUT2D eigenvalue weighted by molar-refractivity contribution is 7.26. The highest BCUT2D eigenvalue weighted by atomic mass is 32.1. The molecule has 0 aliphatic rings. The van der Waals surface area contributed by atoms with Crippen molar-refractivity contribution in [2.24, 2.45) is 0 Å². The van der Waals surface area contributed by atoms with Gasteiger partial charge in [-0.15, -0.1) is 11.3 Å². The fourth-order valence-electron chi connectivity index (χ4n) is 6.68. The van der Waals surface area contributed by atoms with Gasteiger partial charge in [-0.05, 0) is 51.9 Å². The molecule has 0 atom stereocenters. The molecule has 0 saturated carbocycles. The molecule has 6 heteroatoms. The van der Waals surface area contributed by atoms with E-state index < -0.39 is 0 Å². The van der Waals surface area contributed by atoms with Crippen molar-refractivity contribution in [2.45, 2.75) is 0 Å². The van der Waals surface area contributed by atoms with Crippen molar-refractivity contribution in [3.05, 3.63) is 146 Å². The molecule has 0 aliphatic heterocycles. The molecule has 3 heterocycles. The maximum absolute atomic E-state index is 6.50. The van der Waals surface area contributed by atoms with Gasteiger partial charge in [0.15, 0.2) is 23.1 Å². The molecule has 48 heavy (non-hydrogen) atoms. The average molecular weight is 633 g/mol. The smallest absolute Gasteiger partial charge is 0.227 e. The number of hydrogen-bond acceptors (Lipinski definition) is 6. The Labute approximate surface area is 278 Å². The molecule has 0 radical (unpaired) electrons. The third-order valence-electron chi connectivity index (χ3n) is 8.93. The van der Waals surface area contributed by atoms with Gasteiger partial charge in [-0.3, -0.25) is 0 Å². The molecule has 10 rings (SSSR count). The first-order valence-corrected chi connectivity index (χ1v) is 16.6.